The van der Waals surface area contributed by atoms with Gasteiger partial charge in [0.2, 0.25) is 0 Å². The number of fused-ring (bicyclic) bond motifs is 1. The van der Waals surface area contributed by atoms with Crippen LogP contribution in [0.2, 0.25) is 0 Å². The highest BCUT2D eigenvalue weighted by molar-refractivity contribution is 5.88. The van der Waals surface area contributed by atoms with Crippen LogP contribution >= 0.6 is 0 Å². The monoisotopic (exact) mass is 346 g/mol. The molecule has 0 saturated heterocycles. The molecular formula is C22H22N2O2. The van der Waals surface area contributed by atoms with Crippen molar-refractivity contribution in [1.29, 1.82) is 0 Å². The molecule has 2 heterocycles. The molecule has 0 amide bonds. The van der Waals surface area contributed by atoms with Crippen LogP contribution in [0.4, 0.5) is 0 Å². The second-order valence-corrected chi connectivity index (χ2v) is 7.58. The number of pyridine rings is 1. The fourth-order valence-electron chi connectivity index (χ4n) is 3.54. The van der Waals surface area contributed by atoms with Gasteiger partial charge in [-0.2, -0.15) is 0 Å². The fourth-order valence-corrected chi connectivity index (χ4v) is 3.54. The number of carboxylic acids is 1. The van der Waals surface area contributed by atoms with Crippen molar-refractivity contribution in [2.75, 3.05) is 0 Å². The summed E-state index contributed by atoms with van der Waals surface area (Å²) in [5.74, 6) is -0.994. The number of allylic oxidation sites excluding steroid dienone is 1. The lowest BCUT2D eigenvalue weighted by molar-refractivity contribution is 0.0690. The van der Waals surface area contributed by atoms with E-state index in [1.54, 1.807) is 6.07 Å². The summed E-state index contributed by atoms with van der Waals surface area (Å²) in [7, 11) is 0. The van der Waals surface area contributed by atoms with Gasteiger partial charge < -0.3 is 10.1 Å². The summed E-state index contributed by atoms with van der Waals surface area (Å²) >= 11 is 0. The number of H-pyrrole nitrogens is 1. The van der Waals surface area contributed by atoms with Gasteiger partial charge in [0.25, 0.3) is 0 Å². The number of aromatic amines is 1. The van der Waals surface area contributed by atoms with E-state index in [0.717, 1.165) is 22.3 Å². The molecule has 2 aromatic heterocycles. The molecule has 0 spiro atoms. The molecule has 3 aromatic rings. The average molecular weight is 346 g/mol. The molecule has 0 aliphatic heterocycles. The number of carbonyl (C=O) groups is 1. The Balaban J connectivity index is 1.83. The molecule has 0 unspecified atom stereocenters. The maximum Gasteiger partial charge on any atom is 0.354 e. The lowest BCUT2D eigenvalue weighted by Crippen LogP contribution is -2.07. The van der Waals surface area contributed by atoms with Gasteiger partial charge in [-0.3, -0.25) is 0 Å². The van der Waals surface area contributed by atoms with E-state index in [4.69, 9.17) is 0 Å². The van der Waals surface area contributed by atoms with Gasteiger partial charge in [0.15, 0.2) is 0 Å². The van der Waals surface area contributed by atoms with Crippen molar-refractivity contribution in [2.45, 2.75) is 38.5 Å². The highest BCUT2D eigenvalue weighted by atomic mass is 16.4. The van der Waals surface area contributed by atoms with E-state index in [0.29, 0.717) is 6.42 Å². The summed E-state index contributed by atoms with van der Waals surface area (Å²) in [4.78, 5) is 19.2. The molecule has 4 heteroatoms. The molecule has 0 radical (unpaired) electrons. The van der Waals surface area contributed by atoms with Crippen LogP contribution in [0.25, 0.3) is 16.5 Å². The third kappa shape index (κ3) is 2.81. The predicted molar refractivity (Wildman–Crippen MR) is 104 cm³/mol. The summed E-state index contributed by atoms with van der Waals surface area (Å²) in [5.41, 5.74) is 6.81. The Kier molecular flexibility index (Phi) is 3.72. The van der Waals surface area contributed by atoms with Crippen molar-refractivity contribution in [3.8, 4) is 0 Å². The molecular weight excluding hydrogens is 324 g/mol. The fraction of sp³-hybridized carbons (Fsp3) is 0.273. The standard InChI is InChI=1S/C22H22N2O2/c1-13(2)14-7-8-16-17(12-15-5-4-6-18(23-15)21(25)26)20(22(3)9-10-22)24-19(16)11-14/h4-8,11,24H,1,9-10,12H2,2-3H3,(H,25,26). The number of nitrogens with zero attached hydrogens (tertiary/aromatic N) is 1. The van der Waals surface area contributed by atoms with E-state index in [9.17, 15) is 9.90 Å². The molecule has 2 N–H and O–H groups in total. The van der Waals surface area contributed by atoms with Crippen molar-refractivity contribution in [3.63, 3.8) is 0 Å². The van der Waals surface area contributed by atoms with Gasteiger partial charge in [-0.25, -0.2) is 9.78 Å². The van der Waals surface area contributed by atoms with E-state index in [1.165, 1.54) is 35.6 Å². The van der Waals surface area contributed by atoms with Crippen LogP contribution in [0.5, 0.6) is 0 Å². The van der Waals surface area contributed by atoms with Gasteiger partial charge in [-0.05, 0) is 49.1 Å². The number of benzene rings is 1. The summed E-state index contributed by atoms with van der Waals surface area (Å²) in [6.45, 7) is 8.33. The molecule has 1 saturated carbocycles. The van der Waals surface area contributed by atoms with Crippen molar-refractivity contribution in [2.24, 2.45) is 0 Å². The van der Waals surface area contributed by atoms with Crippen LogP contribution in [-0.2, 0) is 11.8 Å². The van der Waals surface area contributed by atoms with Crippen LogP contribution in [-0.4, -0.2) is 21.0 Å². The quantitative estimate of drug-likeness (QED) is 0.688. The topological polar surface area (TPSA) is 66.0 Å². The first kappa shape index (κ1) is 16.6. The molecule has 1 aromatic carbocycles. The lowest BCUT2D eigenvalue weighted by atomic mass is 9.95. The Morgan fingerprint density at radius 2 is 2.08 bits per heavy atom. The first-order valence-electron chi connectivity index (χ1n) is 8.87. The zero-order chi connectivity index (χ0) is 18.5. The second kappa shape index (κ2) is 5.84. The number of aromatic nitrogens is 2. The summed E-state index contributed by atoms with van der Waals surface area (Å²) in [5, 5.41) is 10.4. The van der Waals surface area contributed by atoms with Crippen molar-refractivity contribution >= 4 is 22.4 Å². The summed E-state index contributed by atoms with van der Waals surface area (Å²) < 4.78 is 0. The zero-order valence-corrected chi connectivity index (χ0v) is 15.1. The summed E-state index contributed by atoms with van der Waals surface area (Å²) in [6, 6.07) is 11.6. The van der Waals surface area contributed by atoms with E-state index >= 15 is 0 Å². The molecule has 4 nitrogen and oxygen atoms in total. The molecule has 26 heavy (non-hydrogen) atoms. The molecule has 1 fully saturated rings. The number of nitrogens with one attached hydrogen (secondary N) is 1. The largest absolute Gasteiger partial charge is 0.477 e. The van der Waals surface area contributed by atoms with Crippen molar-refractivity contribution in [1.82, 2.24) is 9.97 Å². The number of aromatic carboxylic acids is 1. The summed E-state index contributed by atoms with van der Waals surface area (Å²) in [6.07, 6.45) is 2.96. The number of hydrogen-bond donors (Lipinski definition) is 2. The minimum atomic E-state index is -0.994. The van der Waals surface area contributed by atoms with E-state index in [1.807, 2.05) is 13.0 Å². The highest BCUT2D eigenvalue weighted by Gasteiger charge is 2.42. The number of hydrogen-bond acceptors (Lipinski definition) is 2. The third-order valence-electron chi connectivity index (χ3n) is 5.39. The molecule has 1 aliphatic carbocycles. The first-order chi connectivity index (χ1) is 12.4. The normalized spacial score (nSPS) is 15.2. The number of rotatable bonds is 5. The molecule has 0 bridgehead atoms. The van der Waals surface area contributed by atoms with E-state index in [2.05, 4.69) is 41.7 Å². The Bertz CT molecular complexity index is 1040. The van der Waals surface area contributed by atoms with Crippen LogP contribution in [0.3, 0.4) is 0 Å². The lowest BCUT2D eigenvalue weighted by Gasteiger charge is -2.11. The zero-order valence-electron chi connectivity index (χ0n) is 15.1. The van der Waals surface area contributed by atoms with Crippen LogP contribution in [0.1, 0.15) is 59.7 Å². The van der Waals surface area contributed by atoms with E-state index < -0.39 is 5.97 Å². The number of carboxylic acid groups (broad SMARTS) is 1. The SMILES string of the molecule is C=C(C)c1ccc2c(Cc3cccc(C(=O)O)n3)c(C3(C)CC3)[nH]c2c1. The highest BCUT2D eigenvalue weighted by Crippen LogP contribution is 2.50. The van der Waals surface area contributed by atoms with Gasteiger partial charge in [0.05, 0.1) is 0 Å². The van der Waals surface area contributed by atoms with Gasteiger partial charge in [-0.1, -0.05) is 37.3 Å². The van der Waals surface area contributed by atoms with Crippen molar-refractivity contribution < 1.29 is 9.90 Å². The third-order valence-corrected chi connectivity index (χ3v) is 5.39. The van der Waals surface area contributed by atoms with Gasteiger partial charge in [0, 0.05) is 34.1 Å². The second-order valence-electron chi connectivity index (χ2n) is 7.58. The molecule has 0 atom stereocenters. The van der Waals surface area contributed by atoms with Crippen LogP contribution < -0.4 is 0 Å². The average Bonchev–Trinajstić information content (AvgIpc) is 3.26. The Labute approximate surface area is 152 Å². The molecule has 4 rings (SSSR count). The van der Waals surface area contributed by atoms with Gasteiger partial charge in [-0.15, -0.1) is 0 Å². The Morgan fingerprint density at radius 3 is 2.73 bits per heavy atom. The Hall–Kier alpha value is -2.88. The van der Waals surface area contributed by atoms with Crippen LogP contribution in [0.15, 0.2) is 43.0 Å². The first-order valence-corrected chi connectivity index (χ1v) is 8.87. The van der Waals surface area contributed by atoms with E-state index in [-0.39, 0.29) is 11.1 Å². The maximum absolute atomic E-state index is 11.2. The smallest absolute Gasteiger partial charge is 0.354 e. The van der Waals surface area contributed by atoms with Gasteiger partial charge >= 0.3 is 5.97 Å². The van der Waals surface area contributed by atoms with Crippen LogP contribution in [0, 0.1) is 0 Å². The minimum absolute atomic E-state index is 0.0890. The molecule has 132 valence electrons. The van der Waals surface area contributed by atoms with Gasteiger partial charge in [0.1, 0.15) is 5.69 Å². The van der Waals surface area contributed by atoms with Crippen molar-refractivity contribution in [3.05, 3.63) is 71.2 Å². The minimum Gasteiger partial charge on any atom is -0.477 e. The Morgan fingerprint density at radius 1 is 1.31 bits per heavy atom. The predicted octanol–water partition coefficient (Wildman–Crippen LogP) is 4.94. The maximum atomic E-state index is 11.2. The molecule has 1 aliphatic rings.